The molecule has 2 aromatic carbocycles. The fourth-order valence-electron chi connectivity index (χ4n) is 5.67. The molecule has 1 spiro atoms. The lowest BCUT2D eigenvalue weighted by molar-refractivity contribution is -0.198. The molecule has 3 aliphatic rings. The first-order valence-electron chi connectivity index (χ1n) is 13.6. The number of hydrogen-bond donors (Lipinski definition) is 2. The van der Waals surface area contributed by atoms with Gasteiger partial charge in [0.15, 0.2) is 12.1 Å². The molecule has 2 fully saturated rings. The highest BCUT2D eigenvalue weighted by Gasteiger charge is 2.43. The van der Waals surface area contributed by atoms with E-state index in [1.54, 1.807) is 24.3 Å². The minimum atomic E-state index is -0.511. The van der Waals surface area contributed by atoms with E-state index >= 15 is 0 Å². The predicted molar refractivity (Wildman–Crippen MR) is 143 cm³/mol. The molecule has 4 heterocycles. The van der Waals surface area contributed by atoms with Crippen LogP contribution in [0.1, 0.15) is 60.0 Å². The third-order valence-corrected chi connectivity index (χ3v) is 7.86. The standard InChI is InChI=1S/C30H32FN3O5/c31-22-6-7-25-23(16-22)21(18-32-25)19-34-12-10-30(11-13-34)17-26(35)24-15-20(4-8-27(24)38-30)5-9-28(36)33-39-29-3-1-2-14-37-29/h4-9,15-16,18,29,32H,1-3,10-14,17,19H2,(H,33,36). The third-order valence-electron chi connectivity index (χ3n) is 7.86. The predicted octanol–water partition coefficient (Wildman–Crippen LogP) is 4.89. The Morgan fingerprint density at radius 3 is 2.90 bits per heavy atom. The second-order valence-electron chi connectivity index (χ2n) is 10.6. The van der Waals surface area contributed by atoms with Gasteiger partial charge in [0.05, 0.1) is 12.0 Å². The number of aromatic nitrogens is 1. The van der Waals surface area contributed by atoms with Crippen LogP contribution in [0.3, 0.4) is 0 Å². The summed E-state index contributed by atoms with van der Waals surface area (Å²) in [7, 11) is 0. The number of rotatable bonds is 6. The van der Waals surface area contributed by atoms with E-state index < -0.39 is 17.8 Å². The first-order chi connectivity index (χ1) is 19.0. The van der Waals surface area contributed by atoms with E-state index in [4.69, 9.17) is 14.3 Å². The highest BCUT2D eigenvalue weighted by molar-refractivity contribution is 6.01. The molecule has 6 rings (SSSR count). The number of carbonyl (C=O) groups excluding carboxylic acids is 2. The number of benzene rings is 2. The van der Waals surface area contributed by atoms with Crippen LogP contribution in [0, 0.1) is 5.82 Å². The fourth-order valence-corrected chi connectivity index (χ4v) is 5.67. The number of likely N-dealkylation sites (tertiary alicyclic amines) is 1. The molecule has 3 aromatic rings. The number of fused-ring (bicyclic) bond motifs is 2. The van der Waals surface area contributed by atoms with Crippen LogP contribution in [-0.4, -0.2) is 53.2 Å². The Hall–Kier alpha value is -3.53. The molecule has 1 unspecified atom stereocenters. The molecule has 0 radical (unpaired) electrons. The van der Waals surface area contributed by atoms with E-state index in [2.05, 4.69) is 15.4 Å². The highest BCUT2D eigenvalue weighted by atomic mass is 19.1. The lowest BCUT2D eigenvalue weighted by Gasteiger charge is -2.44. The number of carbonyl (C=O) groups is 2. The maximum absolute atomic E-state index is 13.8. The maximum Gasteiger partial charge on any atom is 0.267 e. The number of hydroxylamine groups is 1. The normalized spacial score (nSPS) is 21.3. The van der Waals surface area contributed by atoms with Crippen molar-refractivity contribution in [3.05, 3.63) is 71.2 Å². The molecular weight excluding hydrogens is 501 g/mol. The van der Waals surface area contributed by atoms with Gasteiger partial charge in [0.1, 0.15) is 17.2 Å². The average Bonchev–Trinajstić information content (AvgIpc) is 3.34. The van der Waals surface area contributed by atoms with Crippen LogP contribution in [-0.2, 0) is 20.9 Å². The second kappa shape index (κ2) is 10.9. The molecule has 0 bridgehead atoms. The summed E-state index contributed by atoms with van der Waals surface area (Å²) in [5.74, 6) is 0.00264. The van der Waals surface area contributed by atoms with Crippen LogP contribution in [0.4, 0.5) is 4.39 Å². The molecule has 204 valence electrons. The topological polar surface area (TPSA) is 92.9 Å². The summed E-state index contributed by atoms with van der Waals surface area (Å²) in [6.07, 6.45) is 9.12. The molecule has 39 heavy (non-hydrogen) atoms. The van der Waals surface area contributed by atoms with Gasteiger partial charge in [-0.15, -0.1) is 0 Å². The van der Waals surface area contributed by atoms with Crippen LogP contribution < -0.4 is 10.2 Å². The molecule has 0 saturated carbocycles. The zero-order chi connectivity index (χ0) is 26.8. The number of ketones is 1. The number of halogens is 1. The molecule has 2 saturated heterocycles. The summed E-state index contributed by atoms with van der Waals surface area (Å²) in [6.45, 7) is 2.92. The molecule has 1 aromatic heterocycles. The van der Waals surface area contributed by atoms with E-state index in [1.807, 2.05) is 18.3 Å². The van der Waals surface area contributed by atoms with Crippen molar-refractivity contribution in [2.24, 2.45) is 0 Å². The van der Waals surface area contributed by atoms with Crippen LogP contribution >= 0.6 is 0 Å². The summed E-state index contributed by atoms with van der Waals surface area (Å²) in [4.78, 5) is 36.1. The molecule has 1 atom stereocenters. The molecule has 9 heteroatoms. The number of aromatic amines is 1. The van der Waals surface area contributed by atoms with Crippen molar-refractivity contribution in [1.82, 2.24) is 15.4 Å². The van der Waals surface area contributed by atoms with Crippen molar-refractivity contribution in [1.29, 1.82) is 0 Å². The van der Waals surface area contributed by atoms with Crippen molar-refractivity contribution in [3.8, 4) is 5.75 Å². The fraction of sp³-hybridized carbons (Fsp3) is 0.400. The van der Waals surface area contributed by atoms with Crippen LogP contribution in [0.25, 0.3) is 17.0 Å². The highest BCUT2D eigenvalue weighted by Crippen LogP contribution is 2.40. The number of amides is 1. The van der Waals surface area contributed by atoms with Crippen molar-refractivity contribution >= 4 is 28.7 Å². The van der Waals surface area contributed by atoms with Gasteiger partial charge in [-0.05, 0) is 60.4 Å². The summed E-state index contributed by atoms with van der Waals surface area (Å²) >= 11 is 0. The van der Waals surface area contributed by atoms with Crippen molar-refractivity contribution < 1.29 is 28.3 Å². The second-order valence-corrected chi connectivity index (χ2v) is 10.6. The van der Waals surface area contributed by atoms with Crippen LogP contribution in [0.5, 0.6) is 5.75 Å². The van der Waals surface area contributed by atoms with Gasteiger partial charge in [0, 0.05) is 68.7 Å². The van der Waals surface area contributed by atoms with Crippen LogP contribution in [0.15, 0.2) is 48.7 Å². The van der Waals surface area contributed by atoms with Crippen molar-refractivity contribution in [2.75, 3.05) is 19.7 Å². The quantitative estimate of drug-likeness (QED) is 0.346. The van der Waals surface area contributed by atoms with Crippen LogP contribution in [0.2, 0.25) is 0 Å². The summed E-state index contributed by atoms with van der Waals surface area (Å²) in [6, 6.07) is 10.2. The Balaban J connectivity index is 1.05. The molecule has 1 amide bonds. The number of piperidine rings is 1. The first-order valence-corrected chi connectivity index (χ1v) is 13.6. The van der Waals surface area contributed by atoms with Gasteiger partial charge in [-0.1, -0.05) is 6.07 Å². The minimum absolute atomic E-state index is 0.0503. The zero-order valence-electron chi connectivity index (χ0n) is 21.7. The Kier molecular flexibility index (Phi) is 7.20. The van der Waals surface area contributed by atoms with Crippen molar-refractivity contribution in [2.45, 2.75) is 57.0 Å². The lowest BCUT2D eigenvalue weighted by atomic mass is 9.82. The molecule has 3 aliphatic heterocycles. The van der Waals surface area contributed by atoms with Gasteiger partial charge in [-0.3, -0.25) is 14.5 Å². The average molecular weight is 534 g/mol. The van der Waals surface area contributed by atoms with E-state index in [1.165, 1.54) is 12.1 Å². The van der Waals surface area contributed by atoms with Gasteiger partial charge < -0.3 is 14.5 Å². The summed E-state index contributed by atoms with van der Waals surface area (Å²) in [5, 5.41) is 0.904. The zero-order valence-corrected chi connectivity index (χ0v) is 21.7. The van der Waals surface area contributed by atoms with Gasteiger partial charge in [0.25, 0.3) is 5.91 Å². The minimum Gasteiger partial charge on any atom is -0.486 e. The monoisotopic (exact) mass is 533 g/mol. The van der Waals surface area contributed by atoms with Crippen molar-refractivity contribution in [3.63, 3.8) is 0 Å². The van der Waals surface area contributed by atoms with Gasteiger partial charge in [-0.2, -0.15) is 0 Å². The van der Waals surface area contributed by atoms with E-state index in [0.717, 1.165) is 67.2 Å². The van der Waals surface area contributed by atoms with Gasteiger partial charge in [0.2, 0.25) is 0 Å². The smallest absolute Gasteiger partial charge is 0.267 e. The third kappa shape index (κ3) is 5.75. The van der Waals surface area contributed by atoms with E-state index in [9.17, 15) is 14.0 Å². The molecule has 8 nitrogen and oxygen atoms in total. The SMILES string of the molecule is O=C(C=Cc1ccc2c(c1)C(=O)CC1(CCN(Cc3c[nH]c4ccc(F)cc34)CC1)O2)NOC1CCCCO1. The largest absolute Gasteiger partial charge is 0.486 e. The number of Topliss-reactive ketones (excluding diaryl/α,β-unsaturated/α-hetero) is 1. The van der Waals surface area contributed by atoms with E-state index in [0.29, 0.717) is 30.9 Å². The van der Waals surface area contributed by atoms with Gasteiger partial charge >= 0.3 is 0 Å². The van der Waals surface area contributed by atoms with Gasteiger partial charge in [-0.25, -0.2) is 14.7 Å². The van der Waals surface area contributed by atoms with E-state index in [-0.39, 0.29) is 11.6 Å². The number of ether oxygens (including phenoxy) is 2. The number of H-pyrrole nitrogens is 1. The Morgan fingerprint density at radius 2 is 2.08 bits per heavy atom. The number of nitrogens with one attached hydrogen (secondary N) is 2. The Morgan fingerprint density at radius 1 is 1.21 bits per heavy atom. The molecule has 0 aliphatic carbocycles. The summed E-state index contributed by atoms with van der Waals surface area (Å²) < 4.78 is 25.6. The molecular formula is C30H32FN3O5. The summed E-state index contributed by atoms with van der Waals surface area (Å²) in [5.41, 5.74) is 5.15. The maximum atomic E-state index is 13.8. The Bertz CT molecular complexity index is 1400. The first kappa shape index (κ1) is 25.7. The Labute approximate surface area is 226 Å². The number of nitrogens with zero attached hydrogens (tertiary/aromatic N) is 1. The lowest BCUT2D eigenvalue weighted by Crippen LogP contribution is -2.50. The number of hydrogen-bond acceptors (Lipinski definition) is 6. The molecule has 2 N–H and O–H groups in total.